The van der Waals surface area contributed by atoms with Gasteiger partial charge in [0, 0.05) is 23.8 Å². The second kappa shape index (κ2) is 5.41. The first-order valence-electron chi connectivity index (χ1n) is 6.70. The number of hydrogen-bond donors (Lipinski definition) is 1. The smallest absolute Gasteiger partial charge is 0.139 e. The van der Waals surface area contributed by atoms with Gasteiger partial charge in [-0.25, -0.2) is 4.39 Å². The summed E-state index contributed by atoms with van der Waals surface area (Å²) in [6.45, 7) is 9.13. The van der Waals surface area contributed by atoms with Crippen LogP contribution in [0.25, 0.3) is 0 Å². The van der Waals surface area contributed by atoms with Gasteiger partial charge in [0.1, 0.15) is 5.82 Å². The van der Waals surface area contributed by atoms with Crippen LogP contribution in [0.15, 0.2) is 16.6 Å². The number of aryl methyl sites for hydroxylation is 1. The van der Waals surface area contributed by atoms with Gasteiger partial charge in [-0.3, -0.25) is 0 Å². The SMILES string of the molecule is CCOC1CC(Nc2cc(F)c(Br)cc2C)C1(C)C. The Bertz CT molecular complexity index is 475. The topological polar surface area (TPSA) is 21.3 Å². The van der Waals surface area contributed by atoms with Gasteiger partial charge in [0.25, 0.3) is 0 Å². The molecule has 1 fully saturated rings. The van der Waals surface area contributed by atoms with Crippen molar-refractivity contribution in [3.8, 4) is 0 Å². The molecule has 1 aromatic carbocycles. The predicted octanol–water partition coefficient (Wildman–Crippen LogP) is 4.51. The molecule has 1 saturated carbocycles. The van der Waals surface area contributed by atoms with Gasteiger partial charge in [-0.1, -0.05) is 13.8 Å². The fourth-order valence-electron chi connectivity index (χ4n) is 2.60. The summed E-state index contributed by atoms with van der Waals surface area (Å²) in [7, 11) is 0. The molecule has 106 valence electrons. The molecule has 0 heterocycles. The zero-order valence-corrected chi connectivity index (χ0v) is 13.5. The summed E-state index contributed by atoms with van der Waals surface area (Å²) in [5.74, 6) is -0.230. The van der Waals surface area contributed by atoms with Crippen LogP contribution >= 0.6 is 15.9 Å². The fourth-order valence-corrected chi connectivity index (χ4v) is 3.06. The number of nitrogens with one attached hydrogen (secondary N) is 1. The Morgan fingerprint density at radius 3 is 2.74 bits per heavy atom. The molecule has 0 bridgehead atoms. The van der Waals surface area contributed by atoms with Crippen molar-refractivity contribution in [2.75, 3.05) is 11.9 Å². The summed E-state index contributed by atoms with van der Waals surface area (Å²) in [4.78, 5) is 0. The lowest BCUT2D eigenvalue weighted by atomic mass is 9.64. The van der Waals surface area contributed by atoms with E-state index in [4.69, 9.17) is 4.74 Å². The van der Waals surface area contributed by atoms with Crippen LogP contribution in [0.2, 0.25) is 0 Å². The van der Waals surface area contributed by atoms with Crippen molar-refractivity contribution >= 4 is 21.6 Å². The molecule has 1 aromatic rings. The molecule has 1 aliphatic rings. The van der Waals surface area contributed by atoms with Gasteiger partial charge < -0.3 is 10.1 Å². The standard InChI is InChI=1S/C15H21BrFNO/c1-5-19-14-8-13(15(14,3)4)18-12-7-11(17)10(16)6-9(12)2/h6-7,13-14,18H,5,8H2,1-4H3. The van der Waals surface area contributed by atoms with Crippen molar-refractivity contribution in [1.29, 1.82) is 0 Å². The van der Waals surface area contributed by atoms with Crippen molar-refractivity contribution in [1.82, 2.24) is 0 Å². The lowest BCUT2D eigenvalue weighted by molar-refractivity contribution is -0.0976. The molecule has 2 nitrogen and oxygen atoms in total. The summed E-state index contributed by atoms with van der Waals surface area (Å²) >= 11 is 3.21. The molecule has 0 radical (unpaired) electrons. The van der Waals surface area contributed by atoms with E-state index in [1.54, 1.807) is 6.07 Å². The average molecular weight is 330 g/mol. The third kappa shape index (κ3) is 2.79. The zero-order valence-electron chi connectivity index (χ0n) is 11.9. The maximum atomic E-state index is 13.6. The van der Waals surface area contributed by atoms with Gasteiger partial charge in [-0.15, -0.1) is 0 Å². The molecule has 0 amide bonds. The normalized spacial score (nSPS) is 24.9. The maximum absolute atomic E-state index is 13.6. The van der Waals surface area contributed by atoms with Gasteiger partial charge in [0.05, 0.1) is 10.6 Å². The van der Waals surface area contributed by atoms with Crippen molar-refractivity contribution in [3.63, 3.8) is 0 Å². The number of ether oxygens (including phenoxy) is 1. The summed E-state index contributed by atoms with van der Waals surface area (Å²) < 4.78 is 19.8. The highest BCUT2D eigenvalue weighted by molar-refractivity contribution is 9.10. The largest absolute Gasteiger partial charge is 0.381 e. The van der Waals surface area contributed by atoms with E-state index >= 15 is 0 Å². The third-order valence-corrected chi connectivity index (χ3v) is 4.75. The van der Waals surface area contributed by atoms with Crippen LogP contribution in [0.4, 0.5) is 10.1 Å². The van der Waals surface area contributed by atoms with Crippen LogP contribution in [0.5, 0.6) is 0 Å². The van der Waals surface area contributed by atoms with Gasteiger partial charge in [0.2, 0.25) is 0 Å². The molecule has 0 aliphatic heterocycles. The lowest BCUT2D eigenvalue weighted by Gasteiger charge is -2.52. The second-order valence-corrected chi connectivity index (χ2v) is 6.63. The number of halogens is 2. The van der Waals surface area contributed by atoms with E-state index in [0.717, 1.165) is 24.3 Å². The van der Waals surface area contributed by atoms with E-state index in [1.807, 2.05) is 19.9 Å². The minimum absolute atomic E-state index is 0.0754. The first kappa shape index (κ1) is 14.8. The van der Waals surface area contributed by atoms with Gasteiger partial charge >= 0.3 is 0 Å². The molecular formula is C15H21BrFNO. The van der Waals surface area contributed by atoms with E-state index in [-0.39, 0.29) is 17.3 Å². The minimum atomic E-state index is -0.230. The molecule has 2 rings (SSSR count). The van der Waals surface area contributed by atoms with Gasteiger partial charge in [-0.2, -0.15) is 0 Å². The van der Waals surface area contributed by atoms with Crippen molar-refractivity contribution < 1.29 is 9.13 Å². The molecule has 0 spiro atoms. The quantitative estimate of drug-likeness (QED) is 0.877. The number of rotatable bonds is 4. The highest BCUT2D eigenvalue weighted by Gasteiger charge is 2.48. The van der Waals surface area contributed by atoms with Crippen LogP contribution in [-0.2, 0) is 4.74 Å². The van der Waals surface area contributed by atoms with Crippen LogP contribution in [0.1, 0.15) is 32.8 Å². The molecule has 1 aliphatic carbocycles. The second-order valence-electron chi connectivity index (χ2n) is 5.78. The number of anilines is 1. The third-order valence-electron chi connectivity index (χ3n) is 4.14. The Balaban J connectivity index is 2.09. The first-order valence-corrected chi connectivity index (χ1v) is 7.49. The molecule has 19 heavy (non-hydrogen) atoms. The Hall–Kier alpha value is -0.610. The highest BCUT2D eigenvalue weighted by atomic mass is 79.9. The minimum Gasteiger partial charge on any atom is -0.381 e. The predicted molar refractivity (Wildman–Crippen MR) is 80.1 cm³/mol. The first-order chi connectivity index (χ1) is 8.86. The molecule has 2 unspecified atom stereocenters. The molecule has 2 atom stereocenters. The monoisotopic (exact) mass is 329 g/mol. The molecule has 0 saturated heterocycles. The van der Waals surface area contributed by atoms with Crippen molar-refractivity contribution in [3.05, 3.63) is 28.0 Å². The van der Waals surface area contributed by atoms with Gasteiger partial charge in [-0.05, 0) is 53.9 Å². The Labute approximate surface area is 122 Å². The average Bonchev–Trinajstić information content (AvgIpc) is 2.34. The fraction of sp³-hybridized carbons (Fsp3) is 0.600. The summed E-state index contributed by atoms with van der Waals surface area (Å²) in [5.41, 5.74) is 1.99. The number of benzene rings is 1. The molecular weight excluding hydrogens is 309 g/mol. The number of hydrogen-bond acceptors (Lipinski definition) is 2. The zero-order chi connectivity index (χ0) is 14.2. The van der Waals surface area contributed by atoms with E-state index in [0.29, 0.717) is 10.5 Å². The summed E-state index contributed by atoms with van der Waals surface area (Å²) in [6.07, 6.45) is 1.26. The van der Waals surface area contributed by atoms with Crippen LogP contribution in [0.3, 0.4) is 0 Å². The van der Waals surface area contributed by atoms with E-state index in [2.05, 4.69) is 35.1 Å². The molecule has 0 aromatic heterocycles. The van der Waals surface area contributed by atoms with E-state index in [9.17, 15) is 4.39 Å². The van der Waals surface area contributed by atoms with Crippen LogP contribution < -0.4 is 5.32 Å². The van der Waals surface area contributed by atoms with Crippen LogP contribution in [-0.4, -0.2) is 18.8 Å². The van der Waals surface area contributed by atoms with Crippen molar-refractivity contribution in [2.45, 2.75) is 46.3 Å². The molecule has 4 heteroatoms. The molecule has 1 N–H and O–H groups in total. The maximum Gasteiger partial charge on any atom is 0.139 e. The Kier molecular flexibility index (Phi) is 4.21. The van der Waals surface area contributed by atoms with E-state index < -0.39 is 0 Å². The Morgan fingerprint density at radius 2 is 2.16 bits per heavy atom. The lowest BCUT2D eigenvalue weighted by Crippen LogP contribution is -2.58. The highest BCUT2D eigenvalue weighted by Crippen LogP contribution is 2.44. The summed E-state index contributed by atoms with van der Waals surface area (Å²) in [6, 6.07) is 3.69. The summed E-state index contributed by atoms with van der Waals surface area (Å²) in [5, 5.41) is 3.45. The Morgan fingerprint density at radius 1 is 1.47 bits per heavy atom. The van der Waals surface area contributed by atoms with E-state index in [1.165, 1.54) is 0 Å². The van der Waals surface area contributed by atoms with Crippen molar-refractivity contribution in [2.24, 2.45) is 5.41 Å². The van der Waals surface area contributed by atoms with Gasteiger partial charge in [0.15, 0.2) is 0 Å². The van der Waals surface area contributed by atoms with Crippen LogP contribution in [0, 0.1) is 18.2 Å².